The summed E-state index contributed by atoms with van der Waals surface area (Å²) in [7, 11) is 0. The summed E-state index contributed by atoms with van der Waals surface area (Å²) < 4.78 is 7.20. The highest BCUT2D eigenvalue weighted by atomic mass is 32.1. The average Bonchev–Trinajstić information content (AvgIpc) is 3.28. The number of aromatic nitrogens is 3. The van der Waals surface area contributed by atoms with Crippen molar-refractivity contribution in [2.75, 3.05) is 36.5 Å². The van der Waals surface area contributed by atoms with Crippen LogP contribution in [0.25, 0.3) is 10.3 Å². The zero-order chi connectivity index (χ0) is 24.1. The molecule has 1 atom stereocenters. The maximum absolute atomic E-state index is 13.0. The Morgan fingerprint density at radius 1 is 1.26 bits per heavy atom. The highest BCUT2D eigenvalue weighted by Crippen LogP contribution is 2.29. The highest BCUT2D eigenvalue weighted by molar-refractivity contribution is 7.22. The second-order valence-corrected chi connectivity index (χ2v) is 8.96. The molecular weight excluding hydrogens is 456 g/mol. The maximum Gasteiger partial charge on any atom is 0.273 e. The van der Waals surface area contributed by atoms with Crippen LogP contribution in [0.15, 0.2) is 35.4 Å². The van der Waals surface area contributed by atoms with Crippen molar-refractivity contribution in [3.63, 3.8) is 0 Å². The number of amides is 2. The van der Waals surface area contributed by atoms with Crippen molar-refractivity contribution in [1.82, 2.24) is 19.9 Å². The summed E-state index contributed by atoms with van der Waals surface area (Å²) in [5.41, 5.74) is 0.575. The van der Waals surface area contributed by atoms with Gasteiger partial charge in [-0.3, -0.25) is 19.0 Å². The Hall–Kier alpha value is -3.47. The number of anilines is 2. The molecule has 1 saturated heterocycles. The number of fused-ring (bicyclic) bond motifs is 1. The van der Waals surface area contributed by atoms with Crippen molar-refractivity contribution in [3.8, 4) is 5.75 Å². The summed E-state index contributed by atoms with van der Waals surface area (Å²) in [6.45, 7) is 5.99. The number of para-hydroxylation sites is 2. The molecule has 1 fully saturated rings. The Bertz CT molecular complexity index is 1240. The van der Waals surface area contributed by atoms with E-state index in [4.69, 9.17) is 4.74 Å². The first kappa shape index (κ1) is 23.7. The predicted octanol–water partition coefficient (Wildman–Crippen LogP) is 2.24. The molecule has 180 valence electrons. The minimum atomic E-state index is -0.360. The van der Waals surface area contributed by atoms with Gasteiger partial charge in [-0.25, -0.2) is 4.98 Å². The molecule has 3 aromatic rings. The van der Waals surface area contributed by atoms with Crippen molar-refractivity contribution in [1.29, 1.82) is 0 Å². The number of benzene rings is 1. The van der Waals surface area contributed by atoms with E-state index in [-0.39, 0.29) is 29.8 Å². The van der Waals surface area contributed by atoms with Gasteiger partial charge in [-0.15, -0.1) is 0 Å². The van der Waals surface area contributed by atoms with Crippen LogP contribution in [0.2, 0.25) is 0 Å². The first-order valence-corrected chi connectivity index (χ1v) is 12.2. The number of carbonyl (C=O) groups excluding carboxylic acids is 2. The zero-order valence-corrected chi connectivity index (χ0v) is 20.1. The predicted molar refractivity (Wildman–Crippen MR) is 132 cm³/mol. The quantitative estimate of drug-likeness (QED) is 0.503. The van der Waals surface area contributed by atoms with Gasteiger partial charge in [0.05, 0.1) is 18.2 Å². The monoisotopic (exact) mass is 484 g/mol. The largest absolute Gasteiger partial charge is 0.492 e. The second kappa shape index (κ2) is 10.6. The van der Waals surface area contributed by atoms with Crippen LogP contribution >= 0.6 is 11.3 Å². The summed E-state index contributed by atoms with van der Waals surface area (Å²) in [5.74, 6) is 0.152. The fourth-order valence-electron chi connectivity index (χ4n) is 3.96. The molecule has 2 aromatic heterocycles. The SMILES string of the molecule is CCNC(=O)C1CCCN(c2nc3ncn(CC(=O)Nc4ccccc4OCC)c(=O)c3s2)C1. The molecule has 0 saturated carbocycles. The molecule has 10 nitrogen and oxygen atoms in total. The number of nitrogens with zero attached hydrogens (tertiary/aromatic N) is 4. The van der Waals surface area contributed by atoms with Gasteiger partial charge in [-0.1, -0.05) is 23.5 Å². The fraction of sp³-hybridized carbons (Fsp3) is 0.435. The number of hydrogen-bond donors (Lipinski definition) is 2. The lowest BCUT2D eigenvalue weighted by Crippen LogP contribution is -2.43. The van der Waals surface area contributed by atoms with Crippen molar-refractivity contribution in [2.45, 2.75) is 33.2 Å². The number of nitrogens with one attached hydrogen (secondary N) is 2. The normalized spacial score (nSPS) is 15.8. The molecule has 3 heterocycles. The lowest BCUT2D eigenvalue weighted by Gasteiger charge is -2.31. The lowest BCUT2D eigenvalue weighted by molar-refractivity contribution is -0.125. The summed E-state index contributed by atoms with van der Waals surface area (Å²) in [5, 5.41) is 6.34. The maximum atomic E-state index is 13.0. The van der Waals surface area contributed by atoms with E-state index < -0.39 is 0 Å². The Morgan fingerprint density at radius 2 is 2.09 bits per heavy atom. The Balaban J connectivity index is 1.50. The molecule has 1 unspecified atom stereocenters. The Labute approximate surface area is 201 Å². The molecule has 34 heavy (non-hydrogen) atoms. The van der Waals surface area contributed by atoms with E-state index in [2.05, 4.69) is 20.6 Å². The fourth-order valence-corrected chi connectivity index (χ4v) is 4.97. The minimum absolute atomic E-state index is 0.0470. The van der Waals surface area contributed by atoms with Crippen molar-refractivity contribution < 1.29 is 14.3 Å². The van der Waals surface area contributed by atoms with E-state index in [0.717, 1.165) is 19.4 Å². The molecule has 11 heteroatoms. The molecule has 0 spiro atoms. The van der Waals surface area contributed by atoms with Crippen molar-refractivity contribution in [3.05, 3.63) is 40.9 Å². The van der Waals surface area contributed by atoms with Gasteiger partial charge < -0.3 is 20.3 Å². The highest BCUT2D eigenvalue weighted by Gasteiger charge is 2.27. The smallest absolute Gasteiger partial charge is 0.273 e. The third-order valence-corrected chi connectivity index (χ3v) is 6.65. The van der Waals surface area contributed by atoms with Crippen LogP contribution in [0.1, 0.15) is 26.7 Å². The number of hydrogen-bond acceptors (Lipinski definition) is 8. The summed E-state index contributed by atoms with van der Waals surface area (Å²) in [6.07, 6.45) is 3.05. The minimum Gasteiger partial charge on any atom is -0.492 e. The molecule has 1 aliphatic heterocycles. The zero-order valence-electron chi connectivity index (χ0n) is 19.2. The van der Waals surface area contributed by atoms with E-state index in [1.807, 2.05) is 24.8 Å². The number of rotatable bonds is 8. The lowest BCUT2D eigenvalue weighted by atomic mass is 9.97. The van der Waals surface area contributed by atoms with Gasteiger partial charge in [-0.05, 0) is 38.8 Å². The molecule has 2 amide bonds. The molecule has 1 aliphatic rings. The van der Waals surface area contributed by atoms with Crippen molar-refractivity contribution in [2.24, 2.45) is 5.92 Å². The topological polar surface area (TPSA) is 118 Å². The van der Waals surface area contributed by atoms with Crippen LogP contribution in [-0.2, 0) is 16.1 Å². The van der Waals surface area contributed by atoms with Crippen LogP contribution in [0.3, 0.4) is 0 Å². The number of ether oxygens (including phenoxy) is 1. The first-order valence-electron chi connectivity index (χ1n) is 11.4. The van der Waals surface area contributed by atoms with Gasteiger partial charge in [-0.2, -0.15) is 4.98 Å². The van der Waals surface area contributed by atoms with E-state index >= 15 is 0 Å². The van der Waals surface area contributed by atoms with Gasteiger partial charge in [0.25, 0.3) is 5.56 Å². The Kier molecular flexibility index (Phi) is 7.41. The second-order valence-electron chi connectivity index (χ2n) is 7.98. The number of piperidine rings is 1. The van der Waals surface area contributed by atoms with E-state index in [0.29, 0.717) is 46.6 Å². The average molecular weight is 485 g/mol. The Morgan fingerprint density at radius 3 is 2.88 bits per heavy atom. The van der Waals surface area contributed by atoms with Crippen LogP contribution < -0.4 is 25.8 Å². The first-order chi connectivity index (χ1) is 16.5. The molecular formula is C23H28N6O4S. The van der Waals surface area contributed by atoms with Crippen LogP contribution in [-0.4, -0.2) is 52.6 Å². The van der Waals surface area contributed by atoms with Crippen LogP contribution in [0, 0.1) is 5.92 Å². The standard InChI is InChI=1S/C23H28N6O4S/c1-3-24-21(31)15-8-7-11-28(12-15)23-27-20-19(34-23)22(32)29(14-25-20)13-18(30)26-16-9-5-6-10-17(16)33-4-2/h5-6,9-10,14-15H,3-4,7-8,11-13H2,1-2H3,(H,24,31)(H,26,30). The number of thiazole rings is 1. The van der Waals surface area contributed by atoms with Gasteiger partial charge in [0, 0.05) is 19.6 Å². The summed E-state index contributed by atoms with van der Waals surface area (Å²) >= 11 is 1.25. The summed E-state index contributed by atoms with van der Waals surface area (Å²) in [6, 6.07) is 7.14. The molecule has 0 aliphatic carbocycles. The summed E-state index contributed by atoms with van der Waals surface area (Å²) in [4.78, 5) is 48.8. The van der Waals surface area contributed by atoms with E-state index in [9.17, 15) is 14.4 Å². The molecule has 2 N–H and O–H groups in total. The third-order valence-electron chi connectivity index (χ3n) is 5.56. The van der Waals surface area contributed by atoms with Gasteiger partial charge >= 0.3 is 0 Å². The molecule has 0 bridgehead atoms. The van der Waals surface area contributed by atoms with E-state index in [1.165, 1.54) is 22.2 Å². The molecule has 0 radical (unpaired) electrons. The molecule has 1 aromatic carbocycles. The third kappa shape index (κ3) is 5.19. The van der Waals surface area contributed by atoms with Gasteiger partial charge in [0.15, 0.2) is 10.8 Å². The van der Waals surface area contributed by atoms with Gasteiger partial charge in [0.1, 0.15) is 23.3 Å². The molecule has 4 rings (SSSR count). The van der Waals surface area contributed by atoms with Crippen LogP contribution in [0.4, 0.5) is 10.8 Å². The van der Waals surface area contributed by atoms with Crippen LogP contribution in [0.5, 0.6) is 5.75 Å². The van der Waals surface area contributed by atoms with E-state index in [1.54, 1.807) is 18.2 Å². The van der Waals surface area contributed by atoms with Crippen molar-refractivity contribution >= 4 is 44.3 Å². The van der Waals surface area contributed by atoms with Gasteiger partial charge in [0.2, 0.25) is 11.8 Å². The number of carbonyl (C=O) groups is 2.